The number of Topliss-reactive ketones (excluding diaryl/α,β-unsaturated/α-hetero) is 1. The number of hydrogen-bond donors (Lipinski definition) is 1. The van der Waals surface area contributed by atoms with Crippen LogP contribution in [-0.2, 0) is 46.5 Å². The molecule has 3 heterocycles. The Morgan fingerprint density at radius 3 is 2.37 bits per heavy atom. The number of sulfone groups is 1. The van der Waals surface area contributed by atoms with E-state index in [1.165, 1.54) is 14.1 Å². The summed E-state index contributed by atoms with van der Waals surface area (Å²) < 4.78 is 27.5. The largest absolute Gasteiger partial charge is 0.333 e. The maximum Gasteiger partial charge on any atom is 0.333 e. The molecular weight excluding hydrogens is 512 g/mol. The predicted octanol–water partition coefficient (Wildman–Crippen LogP) is 0.154. The molecule has 0 aliphatic heterocycles. The minimum atomic E-state index is -3.77. The minimum Gasteiger partial charge on any atom is -0.312 e. The number of pyridine rings is 1. The Labute approximate surface area is 217 Å². The average molecular weight is 539 g/mol. The lowest BCUT2D eigenvalue weighted by atomic mass is 10.1. The number of ketones is 1. The number of nitrogens with one attached hydrogen (secondary N) is 1. The second-order valence-corrected chi connectivity index (χ2v) is 11.8. The van der Waals surface area contributed by atoms with Gasteiger partial charge in [0.2, 0.25) is 20.9 Å². The fraction of sp³-hybridized carbons (Fsp3) is 0.440. The molecule has 5 rings (SSSR count). The van der Waals surface area contributed by atoms with Crippen LogP contribution < -0.4 is 16.6 Å². The summed E-state index contributed by atoms with van der Waals surface area (Å²) in [5.41, 5.74) is -0.518. The summed E-state index contributed by atoms with van der Waals surface area (Å²) in [7, 11) is -1.08. The SMILES string of the molecule is Cn1c(=O)c2c(nc(S(C)(=O)=O)n2C)n(CC#Cc2cc(CC(=O)C3CC3)nc(NC(=O)C3CC3)c2)c1=O. The number of amides is 1. The molecule has 0 saturated heterocycles. The lowest BCUT2D eigenvalue weighted by molar-refractivity contribution is -0.119. The standard InChI is InChI=1S/C25H26N6O6S/c1-29-20-21(28-24(29)38(3,36)37)31(25(35)30(2)23(20)34)10-4-5-14-11-17(13-18(32)15-6-7-15)26-19(12-14)27-22(33)16-8-9-16/h11-12,15-16H,6-10,13H2,1-3H3,(H,26,27,33). The van der Waals surface area contributed by atoms with Gasteiger partial charge in [-0.15, -0.1) is 0 Å². The van der Waals surface area contributed by atoms with Gasteiger partial charge in [-0.2, -0.15) is 4.98 Å². The molecule has 0 radical (unpaired) electrons. The van der Waals surface area contributed by atoms with E-state index in [-0.39, 0.29) is 52.8 Å². The van der Waals surface area contributed by atoms with Gasteiger partial charge in [0.1, 0.15) is 11.6 Å². The van der Waals surface area contributed by atoms with Crippen LogP contribution >= 0.6 is 0 Å². The summed E-state index contributed by atoms with van der Waals surface area (Å²) in [6.07, 6.45) is 4.51. The summed E-state index contributed by atoms with van der Waals surface area (Å²) in [5, 5.41) is 2.45. The molecule has 3 aromatic heterocycles. The Bertz CT molecular complexity index is 1750. The highest BCUT2D eigenvalue weighted by molar-refractivity contribution is 7.90. The first-order valence-corrected chi connectivity index (χ1v) is 14.0. The molecule has 13 heteroatoms. The third-order valence-electron chi connectivity index (χ3n) is 6.58. The molecule has 0 spiro atoms. The minimum absolute atomic E-state index is 0.0303. The molecule has 0 aromatic carbocycles. The van der Waals surface area contributed by atoms with E-state index in [1.54, 1.807) is 12.1 Å². The third-order valence-corrected chi connectivity index (χ3v) is 7.61. The van der Waals surface area contributed by atoms with Gasteiger partial charge in [-0.25, -0.2) is 18.2 Å². The van der Waals surface area contributed by atoms with E-state index in [0.717, 1.165) is 45.6 Å². The van der Waals surface area contributed by atoms with Crippen molar-refractivity contribution in [2.24, 2.45) is 25.9 Å². The lowest BCUT2D eigenvalue weighted by Crippen LogP contribution is -2.38. The van der Waals surface area contributed by atoms with E-state index in [0.29, 0.717) is 17.1 Å². The normalized spacial score (nSPS) is 15.2. The molecule has 3 aromatic rings. The van der Waals surface area contributed by atoms with Crippen LogP contribution in [0.25, 0.3) is 11.2 Å². The summed E-state index contributed by atoms with van der Waals surface area (Å²) in [6.45, 7) is -0.188. The quantitative estimate of drug-likeness (QED) is 0.417. The van der Waals surface area contributed by atoms with Crippen LogP contribution in [0, 0.1) is 23.7 Å². The molecule has 0 atom stereocenters. The second kappa shape index (κ2) is 9.36. The Hall–Kier alpha value is -4.05. The molecule has 0 unspecified atom stereocenters. The van der Waals surface area contributed by atoms with Crippen molar-refractivity contribution in [1.29, 1.82) is 0 Å². The van der Waals surface area contributed by atoms with Crippen LogP contribution in [-0.4, -0.2) is 50.0 Å². The highest BCUT2D eigenvalue weighted by atomic mass is 32.2. The molecule has 1 N–H and O–H groups in total. The smallest absolute Gasteiger partial charge is 0.312 e. The summed E-state index contributed by atoms with van der Waals surface area (Å²) in [6, 6.07) is 3.27. The summed E-state index contributed by atoms with van der Waals surface area (Å²) in [5.74, 6) is 6.11. The van der Waals surface area contributed by atoms with E-state index in [1.807, 2.05) is 0 Å². The fourth-order valence-electron chi connectivity index (χ4n) is 4.22. The Morgan fingerprint density at radius 1 is 1.05 bits per heavy atom. The van der Waals surface area contributed by atoms with Gasteiger partial charge in [0.15, 0.2) is 11.2 Å². The highest BCUT2D eigenvalue weighted by Gasteiger charge is 2.31. The molecule has 2 fully saturated rings. The molecular formula is C25H26N6O6S. The average Bonchev–Trinajstić information content (AvgIpc) is 3.75. The van der Waals surface area contributed by atoms with E-state index in [4.69, 9.17) is 0 Å². The lowest BCUT2D eigenvalue weighted by Gasteiger charge is -2.08. The summed E-state index contributed by atoms with van der Waals surface area (Å²) in [4.78, 5) is 58.7. The van der Waals surface area contributed by atoms with E-state index < -0.39 is 21.1 Å². The first-order valence-electron chi connectivity index (χ1n) is 12.1. The third kappa shape index (κ3) is 5.04. The molecule has 1 amide bonds. The van der Waals surface area contributed by atoms with Crippen molar-refractivity contribution in [2.45, 2.75) is 43.8 Å². The second-order valence-electron chi connectivity index (χ2n) is 9.85. The van der Waals surface area contributed by atoms with Crippen molar-refractivity contribution in [3.8, 4) is 11.8 Å². The number of fused-ring (bicyclic) bond motifs is 1. The van der Waals surface area contributed by atoms with Gasteiger partial charge in [-0.05, 0) is 37.8 Å². The summed E-state index contributed by atoms with van der Waals surface area (Å²) >= 11 is 0. The zero-order chi connectivity index (χ0) is 27.4. The molecule has 12 nitrogen and oxygen atoms in total. The predicted molar refractivity (Wildman–Crippen MR) is 137 cm³/mol. The van der Waals surface area contributed by atoms with E-state index >= 15 is 0 Å². The van der Waals surface area contributed by atoms with Gasteiger partial charge in [-0.1, -0.05) is 11.8 Å². The zero-order valence-corrected chi connectivity index (χ0v) is 22.0. The van der Waals surface area contributed by atoms with Crippen LogP contribution in [0.5, 0.6) is 0 Å². The Morgan fingerprint density at radius 2 is 1.74 bits per heavy atom. The monoisotopic (exact) mass is 538 g/mol. The van der Waals surface area contributed by atoms with Crippen molar-refractivity contribution >= 4 is 38.5 Å². The van der Waals surface area contributed by atoms with Gasteiger partial charge in [0.05, 0.1) is 12.2 Å². The van der Waals surface area contributed by atoms with Gasteiger partial charge in [0, 0.05) is 44.2 Å². The van der Waals surface area contributed by atoms with Gasteiger partial charge >= 0.3 is 5.69 Å². The van der Waals surface area contributed by atoms with Crippen LogP contribution in [0.2, 0.25) is 0 Å². The van der Waals surface area contributed by atoms with Gasteiger partial charge < -0.3 is 9.88 Å². The first-order chi connectivity index (χ1) is 17.9. The van der Waals surface area contributed by atoms with E-state index in [2.05, 4.69) is 27.1 Å². The van der Waals surface area contributed by atoms with Crippen molar-refractivity contribution in [1.82, 2.24) is 23.7 Å². The van der Waals surface area contributed by atoms with Crippen LogP contribution in [0.4, 0.5) is 5.82 Å². The zero-order valence-electron chi connectivity index (χ0n) is 21.1. The number of carbonyl (C=O) groups excluding carboxylic acids is 2. The number of rotatable bonds is 7. The molecule has 38 heavy (non-hydrogen) atoms. The number of aromatic nitrogens is 5. The van der Waals surface area contributed by atoms with Gasteiger partial charge in [0.25, 0.3) is 5.56 Å². The molecule has 2 aliphatic carbocycles. The van der Waals surface area contributed by atoms with Crippen molar-refractivity contribution in [2.75, 3.05) is 11.6 Å². The molecule has 0 bridgehead atoms. The van der Waals surface area contributed by atoms with E-state index in [9.17, 15) is 27.6 Å². The Kier molecular flexibility index (Phi) is 6.30. The fourth-order valence-corrected chi connectivity index (χ4v) is 5.06. The van der Waals surface area contributed by atoms with Crippen molar-refractivity contribution in [3.63, 3.8) is 0 Å². The maximum absolute atomic E-state index is 12.9. The number of nitrogens with zero attached hydrogens (tertiary/aromatic N) is 5. The number of hydrogen-bond acceptors (Lipinski definition) is 8. The van der Waals surface area contributed by atoms with Crippen LogP contribution in [0.1, 0.15) is 36.9 Å². The highest BCUT2D eigenvalue weighted by Crippen LogP contribution is 2.32. The maximum atomic E-state index is 12.9. The number of aryl methyl sites for hydroxylation is 1. The Balaban J connectivity index is 1.51. The van der Waals surface area contributed by atoms with Crippen LogP contribution in [0.3, 0.4) is 0 Å². The number of imidazole rings is 1. The molecule has 2 saturated carbocycles. The topological polar surface area (TPSA) is 155 Å². The van der Waals surface area contributed by atoms with Crippen molar-refractivity contribution < 1.29 is 18.0 Å². The number of anilines is 1. The van der Waals surface area contributed by atoms with Crippen molar-refractivity contribution in [3.05, 3.63) is 44.2 Å². The molecule has 2 aliphatic rings. The molecule has 198 valence electrons. The first kappa shape index (κ1) is 25.6. The van der Waals surface area contributed by atoms with Crippen LogP contribution in [0.15, 0.2) is 26.9 Å². The van der Waals surface area contributed by atoms with Gasteiger partial charge in [-0.3, -0.25) is 23.5 Å². The number of carbonyl (C=O) groups is 2.